The largest absolute Gasteiger partial charge is 0.474 e. The molecule has 172 valence electrons. The van der Waals surface area contributed by atoms with Gasteiger partial charge >= 0.3 is 0 Å². The van der Waals surface area contributed by atoms with Crippen molar-refractivity contribution in [2.45, 2.75) is 25.8 Å². The van der Waals surface area contributed by atoms with Crippen LogP contribution in [0.3, 0.4) is 0 Å². The predicted molar refractivity (Wildman–Crippen MR) is 122 cm³/mol. The molecule has 4 aromatic heterocycles. The number of furan rings is 1. The molecule has 0 saturated carbocycles. The molecule has 0 radical (unpaired) electrons. The molecule has 0 unspecified atom stereocenters. The Morgan fingerprint density at radius 2 is 2.21 bits per heavy atom. The summed E-state index contributed by atoms with van der Waals surface area (Å²) in [6.07, 6.45) is 4.79. The molecule has 0 aliphatic carbocycles. The van der Waals surface area contributed by atoms with Gasteiger partial charge in [0.1, 0.15) is 23.7 Å². The molecule has 5 rings (SSSR count). The van der Waals surface area contributed by atoms with Crippen molar-refractivity contribution in [1.82, 2.24) is 24.9 Å². The first kappa shape index (κ1) is 21.2. The van der Waals surface area contributed by atoms with E-state index >= 15 is 0 Å². The third-order valence-corrected chi connectivity index (χ3v) is 5.78. The summed E-state index contributed by atoms with van der Waals surface area (Å²) >= 11 is 0. The number of imidazole rings is 1. The molecule has 0 bridgehead atoms. The SMILES string of the molecule is CCN(CCOC)c1nccc2oc(-c3cnc4ccc(OC[C@H]5CCC(=O)N5)nn34)cc12. The van der Waals surface area contributed by atoms with Crippen LogP contribution in [-0.4, -0.2) is 64.9 Å². The molecular formula is C23H26N6O4. The van der Waals surface area contributed by atoms with Crippen molar-refractivity contribution in [2.75, 3.05) is 38.3 Å². The Bertz CT molecular complexity index is 1280. The number of carbonyl (C=O) groups excluding carboxylic acids is 1. The first-order valence-electron chi connectivity index (χ1n) is 11.1. The van der Waals surface area contributed by atoms with Gasteiger partial charge in [-0.3, -0.25) is 4.79 Å². The van der Waals surface area contributed by atoms with Crippen LogP contribution in [0, 0.1) is 0 Å². The van der Waals surface area contributed by atoms with Gasteiger partial charge in [-0.2, -0.15) is 0 Å². The normalized spacial score (nSPS) is 15.9. The summed E-state index contributed by atoms with van der Waals surface area (Å²) in [5.74, 6) is 2.01. The number of anilines is 1. The predicted octanol–water partition coefficient (Wildman–Crippen LogP) is 2.67. The number of aromatic nitrogens is 4. The summed E-state index contributed by atoms with van der Waals surface area (Å²) in [4.78, 5) is 22.6. The highest BCUT2D eigenvalue weighted by molar-refractivity contribution is 5.91. The summed E-state index contributed by atoms with van der Waals surface area (Å²) in [6, 6.07) is 7.46. The molecular weight excluding hydrogens is 424 g/mol. The van der Waals surface area contributed by atoms with Gasteiger partial charge in [0.15, 0.2) is 11.4 Å². The molecule has 0 spiro atoms. The Balaban J connectivity index is 1.45. The van der Waals surface area contributed by atoms with E-state index in [1.807, 2.05) is 18.2 Å². The molecule has 1 amide bonds. The lowest BCUT2D eigenvalue weighted by atomic mass is 10.2. The smallest absolute Gasteiger partial charge is 0.231 e. The molecule has 1 aliphatic heterocycles. The highest BCUT2D eigenvalue weighted by atomic mass is 16.5. The standard InChI is InChI=1S/C23H26N6O4/c1-3-28(10-11-31-2)23-16-12-19(33-18(16)8-9-24-23)17-13-25-20-5-7-22(27-29(17)20)32-14-15-4-6-21(30)26-15/h5,7-9,12-13,15H,3-4,6,10-11,14H2,1-2H3,(H,26,30)/t15-/m1/s1. The molecule has 33 heavy (non-hydrogen) atoms. The maximum atomic E-state index is 11.4. The molecule has 1 N–H and O–H groups in total. The number of fused-ring (bicyclic) bond motifs is 2. The van der Waals surface area contributed by atoms with Crippen LogP contribution in [0.1, 0.15) is 19.8 Å². The van der Waals surface area contributed by atoms with Gasteiger partial charge in [-0.15, -0.1) is 5.10 Å². The van der Waals surface area contributed by atoms with E-state index in [2.05, 4.69) is 32.2 Å². The van der Waals surface area contributed by atoms with Crippen LogP contribution in [0.15, 0.2) is 41.1 Å². The highest BCUT2D eigenvalue weighted by Gasteiger charge is 2.22. The summed E-state index contributed by atoms with van der Waals surface area (Å²) in [7, 11) is 1.69. The zero-order valence-electron chi connectivity index (χ0n) is 18.7. The zero-order valence-corrected chi connectivity index (χ0v) is 18.7. The van der Waals surface area contributed by atoms with Crippen molar-refractivity contribution >= 4 is 28.3 Å². The summed E-state index contributed by atoms with van der Waals surface area (Å²) in [5, 5.41) is 8.41. The molecule has 10 heteroatoms. The number of hydrogen-bond acceptors (Lipinski definition) is 8. The number of rotatable bonds is 9. The number of carbonyl (C=O) groups is 1. The van der Waals surface area contributed by atoms with Gasteiger partial charge in [-0.05, 0) is 31.5 Å². The highest BCUT2D eigenvalue weighted by Crippen LogP contribution is 2.33. The lowest BCUT2D eigenvalue weighted by molar-refractivity contribution is -0.119. The van der Waals surface area contributed by atoms with Gasteiger partial charge in [0, 0.05) is 38.9 Å². The quantitative estimate of drug-likeness (QED) is 0.415. The van der Waals surface area contributed by atoms with E-state index in [-0.39, 0.29) is 11.9 Å². The number of methoxy groups -OCH3 is 1. The van der Waals surface area contributed by atoms with Crippen molar-refractivity contribution in [1.29, 1.82) is 0 Å². The van der Waals surface area contributed by atoms with E-state index in [0.29, 0.717) is 42.6 Å². The van der Waals surface area contributed by atoms with Crippen LogP contribution in [-0.2, 0) is 9.53 Å². The van der Waals surface area contributed by atoms with Gasteiger partial charge < -0.3 is 24.1 Å². The maximum Gasteiger partial charge on any atom is 0.231 e. The minimum Gasteiger partial charge on any atom is -0.474 e. The Morgan fingerprint density at radius 3 is 3.00 bits per heavy atom. The van der Waals surface area contributed by atoms with E-state index in [9.17, 15) is 4.79 Å². The van der Waals surface area contributed by atoms with Crippen molar-refractivity contribution in [3.63, 3.8) is 0 Å². The number of nitrogens with one attached hydrogen (secondary N) is 1. The molecule has 1 saturated heterocycles. The van der Waals surface area contributed by atoms with Crippen molar-refractivity contribution in [2.24, 2.45) is 0 Å². The monoisotopic (exact) mass is 450 g/mol. The molecule has 0 aromatic carbocycles. The van der Waals surface area contributed by atoms with Gasteiger partial charge in [-0.1, -0.05) is 0 Å². The fraction of sp³-hybridized carbons (Fsp3) is 0.391. The fourth-order valence-electron chi connectivity index (χ4n) is 4.03. The second kappa shape index (κ2) is 9.07. The van der Waals surface area contributed by atoms with E-state index < -0.39 is 0 Å². The van der Waals surface area contributed by atoms with Crippen molar-refractivity contribution < 1.29 is 18.7 Å². The fourth-order valence-corrected chi connectivity index (χ4v) is 4.03. The van der Waals surface area contributed by atoms with E-state index in [1.165, 1.54) is 0 Å². The van der Waals surface area contributed by atoms with Gasteiger partial charge in [0.25, 0.3) is 0 Å². The van der Waals surface area contributed by atoms with Crippen LogP contribution in [0.25, 0.3) is 28.1 Å². The lowest BCUT2D eigenvalue weighted by Gasteiger charge is -2.21. The Hall–Kier alpha value is -3.66. The first-order chi connectivity index (χ1) is 16.2. The average Bonchev–Trinajstić information content (AvgIpc) is 3.55. The topological polar surface area (TPSA) is 107 Å². The molecule has 1 fully saturated rings. The first-order valence-corrected chi connectivity index (χ1v) is 11.1. The Kier molecular flexibility index (Phi) is 5.82. The maximum absolute atomic E-state index is 11.4. The third kappa shape index (κ3) is 4.21. The lowest BCUT2D eigenvalue weighted by Crippen LogP contribution is -2.31. The molecule has 1 atom stereocenters. The Labute approximate surface area is 190 Å². The van der Waals surface area contributed by atoms with E-state index in [1.54, 1.807) is 30.1 Å². The van der Waals surface area contributed by atoms with Crippen LogP contribution in [0.4, 0.5) is 5.82 Å². The number of ether oxygens (including phenoxy) is 2. The van der Waals surface area contributed by atoms with Crippen LogP contribution < -0.4 is 15.0 Å². The van der Waals surface area contributed by atoms with Gasteiger partial charge in [0.2, 0.25) is 11.8 Å². The minimum atomic E-state index is 0.0122. The van der Waals surface area contributed by atoms with Crippen molar-refractivity contribution in [3.8, 4) is 17.3 Å². The summed E-state index contributed by atoms with van der Waals surface area (Å²) < 4.78 is 18.9. The molecule has 5 heterocycles. The summed E-state index contributed by atoms with van der Waals surface area (Å²) in [5.41, 5.74) is 2.14. The Morgan fingerprint density at radius 1 is 1.30 bits per heavy atom. The number of hydrogen-bond donors (Lipinski definition) is 1. The second-order valence-electron chi connectivity index (χ2n) is 7.93. The molecule has 10 nitrogen and oxygen atoms in total. The number of amides is 1. The average molecular weight is 450 g/mol. The van der Waals surface area contributed by atoms with Crippen LogP contribution in [0.2, 0.25) is 0 Å². The van der Waals surface area contributed by atoms with Crippen molar-refractivity contribution in [3.05, 3.63) is 36.7 Å². The van der Waals surface area contributed by atoms with Crippen LogP contribution in [0.5, 0.6) is 5.88 Å². The van der Waals surface area contributed by atoms with E-state index in [0.717, 1.165) is 36.3 Å². The number of nitrogens with zero attached hydrogens (tertiary/aromatic N) is 5. The third-order valence-electron chi connectivity index (χ3n) is 5.78. The second-order valence-corrected chi connectivity index (χ2v) is 7.93. The van der Waals surface area contributed by atoms with E-state index in [4.69, 9.17) is 13.9 Å². The molecule has 1 aliphatic rings. The van der Waals surface area contributed by atoms with Crippen LogP contribution >= 0.6 is 0 Å². The molecule has 4 aromatic rings. The summed E-state index contributed by atoms with van der Waals surface area (Å²) in [6.45, 7) is 4.61. The minimum absolute atomic E-state index is 0.0122. The van der Waals surface area contributed by atoms with Gasteiger partial charge in [-0.25, -0.2) is 14.5 Å². The number of likely N-dealkylation sites (N-methyl/N-ethyl adjacent to an activating group) is 1. The zero-order chi connectivity index (χ0) is 22.8. The van der Waals surface area contributed by atoms with Gasteiger partial charge in [0.05, 0.1) is 24.2 Å². The number of pyridine rings is 1.